The number of aromatic amines is 1. The molecule has 0 fully saturated rings. The highest BCUT2D eigenvalue weighted by Crippen LogP contribution is 2.33. The first-order chi connectivity index (χ1) is 14.3. The Balaban J connectivity index is 2.28. The van der Waals surface area contributed by atoms with Gasteiger partial charge in [0.1, 0.15) is 0 Å². The topological polar surface area (TPSA) is 109 Å². The van der Waals surface area contributed by atoms with Crippen LogP contribution in [0.3, 0.4) is 0 Å². The molecule has 3 aromatic rings. The molecule has 0 aliphatic rings. The molecule has 0 bridgehead atoms. The molecule has 1 aromatic carbocycles. The fraction of sp³-hybridized carbons (Fsp3) is 0.0909. The van der Waals surface area contributed by atoms with Gasteiger partial charge in [0.25, 0.3) is 0 Å². The lowest BCUT2D eigenvalue weighted by atomic mass is 9.91. The van der Waals surface area contributed by atoms with Crippen LogP contribution in [0.1, 0.15) is 27.2 Å². The summed E-state index contributed by atoms with van der Waals surface area (Å²) >= 11 is 5.93. The van der Waals surface area contributed by atoms with Gasteiger partial charge in [-0.05, 0) is 42.8 Å². The van der Waals surface area contributed by atoms with Gasteiger partial charge in [0.15, 0.2) is 5.78 Å². The molecule has 7 nitrogen and oxygen atoms in total. The summed E-state index contributed by atoms with van der Waals surface area (Å²) in [6.45, 7) is 1.70. The number of ketones is 1. The molecular formula is C22H17ClN2O5. The largest absolute Gasteiger partial charge is 0.481 e. The van der Waals surface area contributed by atoms with Crippen LogP contribution in [0.4, 0.5) is 0 Å². The van der Waals surface area contributed by atoms with Gasteiger partial charge in [0, 0.05) is 57.4 Å². The van der Waals surface area contributed by atoms with E-state index < -0.39 is 11.5 Å². The van der Waals surface area contributed by atoms with Gasteiger partial charge < -0.3 is 14.8 Å². The highest BCUT2D eigenvalue weighted by Gasteiger charge is 2.21. The molecule has 0 radical (unpaired) electrons. The number of carbonyl (C=O) groups excluding carboxylic acids is 1. The number of H-pyrrole nitrogens is 1. The number of aryl methyl sites for hydroxylation is 1. The highest BCUT2D eigenvalue weighted by molar-refractivity contribution is 6.30. The monoisotopic (exact) mass is 424 g/mol. The number of carboxylic acid groups (broad SMARTS) is 1. The van der Waals surface area contributed by atoms with Gasteiger partial charge in [-0.15, -0.1) is 0 Å². The van der Waals surface area contributed by atoms with Crippen LogP contribution < -0.4 is 10.3 Å². The number of benzene rings is 1. The van der Waals surface area contributed by atoms with E-state index >= 15 is 0 Å². The number of hydrogen-bond acceptors (Lipinski definition) is 5. The van der Waals surface area contributed by atoms with Crippen molar-refractivity contribution < 1.29 is 19.4 Å². The molecule has 2 N–H and O–H groups in total. The number of hydrogen-bond donors (Lipinski definition) is 2. The second kappa shape index (κ2) is 8.75. The zero-order valence-electron chi connectivity index (χ0n) is 16.1. The standard InChI is InChI=1S/C22H17ClN2O5/c1-12-21(17-11-24-18(26)9-14(17)5-8-20(27)28)16(10-19(25-12)30-2)22(29)13-3-6-15(23)7-4-13/h3-11H,1-2H3,(H,24,26)(H,27,28)/b8-5+. The molecule has 0 unspecified atom stereocenters. The molecule has 0 saturated carbocycles. The Morgan fingerprint density at radius 3 is 2.53 bits per heavy atom. The fourth-order valence-electron chi connectivity index (χ4n) is 3.03. The van der Waals surface area contributed by atoms with E-state index in [-0.39, 0.29) is 11.7 Å². The molecule has 0 saturated heterocycles. The van der Waals surface area contributed by atoms with Crippen molar-refractivity contribution in [3.63, 3.8) is 0 Å². The number of aromatic nitrogens is 2. The molecule has 8 heteroatoms. The lowest BCUT2D eigenvalue weighted by Crippen LogP contribution is -2.10. The highest BCUT2D eigenvalue weighted by atomic mass is 35.5. The number of carbonyl (C=O) groups is 2. The third kappa shape index (κ3) is 4.47. The third-order valence-electron chi connectivity index (χ3n) is 4.37. The Hall–Kier alpha value is -3.71. The number of pyridine rings is 2. The van der Waals surface area contributed by atoms with Crippen LogP contribution in [0.5, 0.6) is 5.88 Å². The van der Waals surface area contributed by atoms with E-state index in [2.05, 4.69) is 9.97 Å². The number of nitrogens with zero attached hydrogens (tertiary/aromatic N) is 1. The van der Waals surface area contributed by atoms with Crippen LogP contribution in [0.15, 0.2) is 53.5 Å². The second-order valence-electron chi connectivity index (χ2n) is 6.35. The number of methoxy groups -OCH3 is 1. The Morgan fingerprint density at radius 1 is 1.20 bits per heavy atom. The molecule has 0 aliphatic heterocycles. The summed E-state index contributed by atoms with van der Waals surface area (Å²) in [6.07, 6.45) is 3.65. The van der Waals surface area contributed by atoms with Crippen molar-refractivity contribution in [3.05, 3.63) is 86.4 Å². The van der Waals surface area contributed by atoms with Gasteiger partial charge in [0.05, 0.1) is 7.11 Å². The third-order valence-corrected chi connectivity index (χ3v) is 4.62. The number of aliphatic carboxylic acids is 1. The molecule has 152 valence electrons. The summed E-state index contributed by atoms with van der Waals surface area (Å²) in [7, 11) is 1.44. The number of halogens is 1. The molecule has 3 rings (SSSR count). The van der Waals surface area contributed by atoms with Crippen LogP contribution in [0, 0.1) is 6.92 Å². The average molecular weight is 425 g/mol. The molecule has 0 atom stereocenters. The quantitative estimate of drug-likeness (QED) is 0.461. The van der Waals surface area contributed by atoms with Gasteiger partial charge in [0.2, 0.25) is 11.4 Å². The minimum absolute atomic E-state index is 0.251. The van der Waals surface area contributed by atoms with E-state index in [1.165, 1.54) is 31.5 Å². The molecule has 2 aromatic heterocycles. The van der Waals surface area contributed by atoms with E-state index in [4.69, 9.17) is 21.4 Å². The van der Waals surface area contributed by atoms with Crippen molar-refractivity contribution >= 4 is 29.4 Å². The Labute approximate surface area is 176 Å². The average Bonchev–Trinajstić information content (AvgIpc) is 2.72. The first-order valence-corrected chi connectivity index (χ1v) is 9.18. The van der Waals surface area contributed by atoms with Crippen molar-refractivity contribution in [2.24, 2.45) is 0 Å². The Kier molecular flexibility index (Phi) is 6.13. The van der Waals surface area contributed by atoms with E-state index in [9.17, 15) is 14.4 Å². The molecular weight excluding hydrogens is 408 g/mol. The van der Waals surface area contributed by atoms with Gasteiger partial charge in [-0.3, -0.25) is 9.59 Å². The maximum Gasteiger partial charge on any atom is 0.328 e. The van der Waals surface area contributed by atoms with Crippen molar-refractivity contribution in [2.75, 3.05) is 7.11 Å². The zero-order chi connectivity index (χ0) is 21.8. The normalized spacial score (nSPS) is 10.9. The molecule has 0 spiro atoms. The fourth-order valence-corrected chi connectivity index (χ4v) is 3.15. The molecule has 0 aliphatic carbocycles. The minimum Gasteiger partial charge on any atom is -0.481 e. The summed E-state index contributed by atoms with van der Waals surface area (Å²) in [5.74, 6) is -1.21. The Bertz CT molecular complexity index is 1210. The van der Waals surface area contributed by atoms with Crippen LogP contribution in [0.25, 0.3) is 17.2 Å². The predicted molar refractivity (Wildman–Crippen MR) is 113 cm³/mol. The van der Waals surface area contributed by atoms with Crippen LogP contribution in [-0.2, 0) is 4.79 Å². The van der Waals surface area contributed by atoms with Gasteiger partial charge >= 0.3 is 5.97 Å². The van der Waals surface area contributed by atoms with Gasteiger partial charge in [-0.2, -0.15) is 0 Å². The summed E-state index contributed by atoms with van der Waals surface area (Å²) in [6, 6.07) is 9.20. The minimum atomic E-state index is -1.16. The van der Waals surface area contributed by atoms with Crippen molar-refractivity contribution in [2.45, 2.75) is 6.92 Å². The smallest absolute Gasteiger partial charge is 0.328 e. The van der Waals surface area contributed by atoms with E-state index in [0.717, 1.165) is 6.08 Å². The predicted octanol–water partition coefficient (Wildman–Crippen LogP) is 3.74. The summed E-state index contributed by atoms with van der Waals surface area (Å²) < 4.78 is 5.23. The number of nitrogens with one attached hydrogen (secondary N) is 1. The molecule has 2 heterocycles. The lowest BCUT2D eigenvalue weighted by molar-refractivity contribution is -0.131. The van der Waals surface area contributed by atoms with Crippen molar-refractivity contribution in [3.8, 4) is 17.0 Å². The van der Waals surface area contributed by atoms with E-state index in [0.29, 0.717) is 38.5 Å². The van der Waals surface area contributed by atoms with Crippen LogP contribution in [0.2, 0.25) is 5.02 Å². The van der Waals surface area contributed by atoms with E-state index in [1.54, 1.807) is 31.2 Å². The number of ether oxygens (including phenoxy) is 1. The first-order valence-electron chi connectivity index (χ1n) is 8.80. The summed E-state index contributed by atoms with van der Waals surface area (Å²) in [5.41, 5.74) is 2.01. The first kappa shape index (κ1) is 21.0. The number of rotatable bonds is 6. The second-order valence-corrected chi connectivity index (χ2v) is 6.78. The SMILES string of the molecule is COc1cc(C(=O)c2ccc(Cl)cc2)c(-c2c[nH]c(=O)cc2/C=C/C(=O)O)c(C)n1. The van der Waals surface area contributed by atoms with Crippen LogP contribution >= 0.6 is 11.6 Å². The molecule has 30 heavy (non-hydrogen) atoms. The van der Waals surface area contributed by atoms with Crippen molar-refractivity contribution in [1.29, 1.82) is 0 Å². The zero-order valence-corrected chi connectivity index (χ0v) is 16.9. The summed E-state index contributed by atoms with van der Waals surface area (Å²) in [4.78, 5) is 43.0. The van der Waals surface area contributed by atoms with Crippen molar-refractivity contribution in [1.82, 2.24) is 9.97 Å². The maximum absolute atomic E-state index is 13.3. The summed E-state index contributed by atoms with van der Waals surface area (Å²) in [5, 5.41) is 9.47. The van der Waals surface area contributed by atoms with Crippen LogP contribution in [-0.4, -0.2) is 33.9 Å². The Morgan fingerprint density at radius 2 is 1.90 bits per heavy atom. The van der Waals surface area contributed by atoms with Gasteiger partial charge in [-0.25, -0.2) is 9.78 Å². The van der Waals surface area contributed by atoms with E-state index in [1.807, 2.05) is 0 Å². The molecule has 0 amide bonds. The van der Waals surface area contributed by atoms with Gasteiger partial charge in [-0.1, -0.05) is 11.6 Å². The lowest BCUT2D eigenvalue weighted by Gasteiger charge is -2.15. The number of carboxylic acids is 1. The maximum atomic E-state index is 13.3.